The van der Waals surface area contributed by atoms with Gasteiger partial charge in [0.2, 0.25) is 11.1 Å². The summed E-state index contributed by atoms with van der Waals surface area (Å²) in [6.07, 6.45) is 0. The van der Waals surface area contributed by atoms with Crippen molar-refractivity contribution < 1.29 is 9.18 Å². The first-order valence-electron chi connectivity index (χ1n) is 8.60. The fourth-order valence-electron chi connectivity index (χ4n) is 2.98. The number of thioether (sulfide) groups is 1. The molecule has 2 atom stereocenters. The van der Waals surface area contributed by atoms with Gasteiger partial charge in [0, 0.05) is 4.47 Å². The number of benzene rings is 2. The number of carbonyl (C=O) groups is 1. The number of halogens is 2. The molecule has 0 spiro atoms. The standard InChI is InChI=1S/C19H17BrFN5OS/c1-10-3-5-12(6-4-10)16-17(28-19-24-23-11(2)26(19)25-16)18(27)22-15-8-7-13(20)9-14(15)21/h3-9,16-17,25H,1-2H3,(H,22,27)/t16-,17+/m0/s1. The van der Waals surface area contributed by atoms with E-state index in [1.54, 1.807) is 10.7 Å². The normalized spacial score (nSPS) is 18.3. The number of carbonyl (C=O) groups excluding carboxylic acids is 1. The molecule has 0 saturated carbocycles. The van der Waals surface area contributed by atoms with Crippen molar-refractivity contribution in [3.63, 3.8) is 0 Å². The van der Waals surface area contributed by atoms with Gasteiger partial charge in [0.15, 0.2) is 0 Å². The van der Waals surface area contributed by atoms with Crippen LogP contribution in [-0.4, -0.2) is 26.0 Å². The lowest BCUT2D eigenvalue weighted by atomic mass is 10.0. The molecule has 1 aliphatic rings. The molecule has 0 aliphatic carbocycles. The van der Waals surface area contributed by atoms with Gasteiger partial charge in [-0.25, -0.2) is 9.07 Å². The van der Waals surface area contributed by atoms with Crippen LogP contribution in [0.5, 0.6) is 0 Å². The number of aromatic nitrogens is 3. The quantitative estimate of drug-likeness (QED) is 0.611. The molecule has 4 rings (SSSR count). The van der Waals surface area contributed by atoms with Crippen LogP contribution >= 0.6 is 27.7 Å². The largest absolute Gasteiger partial charge is 0.323 e. The molecule has 2 N–H and O–H groups in total. The highest BCUT2D eigenvalue weighted by atomic mass is 79.9. The van der Waals surface area contributed by atoms with Crippen LogP contribution in [0.4, 0.5) is 10.1 Å². The van der Waals surface area contributed by atoms with E-state index in [0.29, 0.717) is 15.5 Å². The first-order valence-corrected chi connectivity index (χ1v) is 10.3. The highest BCUT2D eigenvalue weighted by Gasteiger charge is 2.37. The Morgan fingerprint density at radius 3 is 2.68 bits per heavy atom. The Morgan fingerprint density at radius 2 is 1.96 bits per heavy atom. The van der Waals surface area contributed by atoms with E-state index >= 15 is 0 Å². The SMILES string of the molecule is Cc1ccc([C@@H]2Nn3c(C)nnc3S[C@H]2C(=O)Nc2ccc(Br)cc2F)cc1. The highest BCUT2D eigenvalue weighted by Crippen LogP contribution is 2.37. The smallest absolute Gasteiger partial charge is 0.240 e. The van der Waals surface area contributed by atoms with Crippen molar-refractivity contribution >= 4 is 39.3 Å². The summed E-state index contributed by atoms with van der Waals surface area (Å²) in [6.45, 7) is 3.85. The molecule has 2 heterocycles. The van der Waals surface area contributed by atoms with Crippen molar-refractivity contribution in [1.82, 2.24) is 14.9 Å². The Hall–Kier alpha value is -2.39. The number of rotatable bonds is 3. The van der Waals surface area contributed by atoms with Crippen LogP contribution in [0.25, 0.3) is 0 Å². The number of aryl methyl sites for hydroxylation is 2. The molecule has 1 aliphatic heterocycles. The van der Waals surface area contributed by atoms with E-state index in [2.05, 4.69) is 36.9 Å². The maximum atomic E-state index is 14.2. The predicted molar refractivity (Wildman–Crippen MR) is 110 cm³/mol. The number of hydrogen-bond donors (Lipinski definition) is 2. The molecule has 144 valence electrons. The Balaban J connectivity index is 1.67. The Labute approximate surface area is 174 Å². The van der Waals surface area contributed by atoms with E-state index < -0.39 is 11.1 Å². The Morgan fingerprint density at radius 1 is 1.21 bits per heavy atom. The summed E-state index contributed by atoms with van der Waals surface area (Å²) in [7, 11) is 0. The van der Waals surface area contributed by atoms with Gasteiger partial charge in [-0.2, -0.15) is 0 Å². The monoisotopic (exact) mass is 461 g/mol. The Kier molecular flexibility index (Phi) is 5.11. The molecule has 2 aromatic carbocycles. The highest BCUT2D eigenvalue weighted by molar-refractivity contribution is 9.10. The zero-order chi connectivity index (χ0) is 19.8. The third kappa shape index (κ3) is 3.64. The van der Waals surface area contributed by atoms with E-state index in [1.807, 2.05) is 38.1 Å². The van der Waals surface area contributed by atoms with Gasteiger partial charge in [-0.3, -0.25) is 4.79 Å². The molecule has 0 radical (unpaired) electrons. The van der Waals surface area contributed by atoms with E-state index in [1.165, 1.54) is 23.9 Å². The van der Waals surface area contributed by atoms with Crippen LogP contribution < -0.4 is 10.7 Å². The summed E-state index contributed by atoms with van der Waals surface area (Å²) in [4.78, 5) is 13.1. The maximum absolute atomic E-state index is 14.2. The number of hydrogen-bond acceptors (Lipinski definition) is 5. The molecular weight excluding hydrogens is 445 g/mol. The number of fused-ring (bicyclic) bond motifs is 1. The van der Waals surface area contributed by atoms with Gasteiger partial charge in [-0.1, -0.05) is 57.5 Å². The second-order valence-corrected chi connectivity index (χ2v) is 8.56. The van der Waals surface area contributed by atoms with Gasteiger partial charge >= 0.3 is 0 Å². The second-order valence-electron chi connectivity index (χ2n) is 6.53. The predicted octanol–water partition coefficient (Wildman–Crippen LogP) is 4.19. The molecule has 0 bridgehead atoms. The minimum Gasteiger partial charge on any atom is -0.323 e. The first kappa shape index (κ1) is 18.9. The summed E-state index contributed by atoms with van der Waals surface area (Å²) >= 11 is 4.53. The summed E-state index contributed by atoms with van der Waals surface area (Å²) in [5, 5.41) is 10.9. The number of amides is 1. The van der Waals surface area contributed by atoms with E-state index in [9.17, 15) is 9.18 Å². The van der Waals surface area contributed by atoms with Crippen molar-refractivity contribution in [2.75, 3.05) is 10.7 Å². The molecule has 1 aromatic heterocycles. The van der Waals surface area contributed by atoms with Crippen LogP contribution in [0.3, 0.4) is 0 Å². The second kappa shape index (κ2) is 7.56. The van der Waals surface area contributed by atoms with Crippen molar-refractivity contribution in [2.24, 2.45) is 0 Å². The van der Waals surface area contributed by atoms with Crippen molar-refractivity contribution in [2.45, 2.75) is 30.3 Å². The first-order chi connectivity index (χ1) is 13.4. The molecule has 9 heteroatoms. The molecular formula is C19H17BrFN5OS. The van der Waals surface area contributed by atoms with E-state index in [4.69, 9.17) is 0 Å². The summed E-state index contributed by atoms with van der Waals surface area (Å²) in [5.74, 6) is -0.101. The molecule has 6 nitrogen and oxygen atoms in total. The topological polar surface area (TPSA) is 71.8 Å². The van der Waals surface area contributed by atoms with Gasteiger partial charge in [0.25, 0.3) is 0 Å². The van der Waals surface area contributed by atoms with Crippen LogP contribution in [0.2, 0.25) is 0 Å². The summed E-state index contributed by atoms with van der Waals surface area (Å²) in [6, 6.07) is 12.2. The van der Waals surface area contributed by atoms with Crippen molar-refractivity contribution in [3.8, 4) is 0 Å². The van der Waals surface area contributed by atoms with Crippen LogP contribution in [0.1, 0.15) is 23.0 Å². The fraction of sp³-hybridized carbons (Fsp3) is 0.211. The number of nitrogens with one attached hydrogen (secondary N) is 2. The molecule has 1 amide bonds. The minimum absolute atomic E-state index is 0.139. The molecule has 28 heavy (non-hydrogen) atoms. The molecule has 3 aromatic rings. The lowest BCUT2D eigenvalue weighted by Gasteiger charge is -2.32. The molecule has 0 fully saturated rings. The molecule has 0 saturated heterocycles. The lowest BCUT2D eigenvalue weighted by molar-refractivity contribution is -0.116. The summed E-state index contributed by atoms with van der Waals surface area (Å²) in [5.41, 5.74) is 5.55. The van der Waals surface area contributed by atoms with Crippen LogP contribution in [0, 0.1) is 19.7 Å². The zero-order valence-corrected chi connectivity index (χ0v) is 17.5. The van der Waals surface area contributed by atoms with Gasteiger partial charge in [-0.05, 0) is 37.6 Å². The fourth-order valence-corrected chi connectivity index (χ4v) is 4.44. The van der Waals surface area contributed by atoms with Crippen LogP contribution in [-0.2, 0) is 4.79 Å². The van der Waals surface area contributed by atoms with Crippen molar-refractivity contribution in [1.29, 1.82) is 0 Å². The maximum Gasteiger partial charge on any atom is 0.240 e. The zero-order valence-electron chi connectivity index (χ0n) is 15.1. The van der Waals surface area contributed by atoms with Gasteiger partial charge in [-0.15, -0.1) is 10.2 Å². The Bertz CT molecular complexity index is 1040. The third-order valence-corrected chi connectivity index (χ3v) is 6.19. The van der Waals surface area contributed by atoms with E-state index in [-0.39, 0.29) is 17.6 Å². The van der Waals surface area contributed by atoms with E-state index in [0.717, 1.165) is 11.1 Å². The van der Waals surface area contributed by atoms with Crippen LogP contribution in [0.15, 0.2) is 52.1 Å². The van der Waals surface area contributed by atoms with Gasteiger partial charge in [0.05, 0.1) is 11.7 Å². The van der Waals surface area contributed by atoms with Gasteiger partial charge in [0.1, 0.15) is 16.9 Å². The van der Waals surface area contributed by atoms with Gasteiger partial charge < -0.3 is 10.7 Å². The number of anilines is 1. The summed E-state index contributed by atoms with van der Waals surface area (Å²) < 4.78 is 16.6. The third-order valence-electron chi connectivity index (χ3n) is 4.48. The van der Waals surface area contributed by atoms with Crippen molar-refractivity contribution in [3.05, 3.63) is 69.7 Å². The average Bonchev–Trinajstić information content (AvgIpc) is 3.04. The molecule has 0 unspecified atom stereocenters. The number of nitrogens with zero attached hydrogens (tertiary/aromatic N) is 3. The lowest BCUT2D eigenvalue weighted by Crippen LogP contribution is -2.41. The average molecular weight is 462 g/mol. The minimum atomic E-state index is -0.554.